The molecule has 7 heteroatoms. The number of aromatic nitrogens is 2. The highest BCUT2D eigenvalue weighted by Gasteiger charge is 2.16. The van der Waals surface area contributed by atoms with Gasteiger partial charge in [-0.1, -0.05) is 23.7 Å². The number of thiazole rings is 1. The number of imidazole rings is 1. The third-order valence-electron chi connectivity index (χ3n) is 3.96. The van der Waals surface area contributed by atoms with Crippen molar-refractivity contribution >= 4 is 45.6 Å². The first-order chi connectivity index (χ1) is 12.0. The Morgan fingerprint density at radius 3 is 2.88 bits per heavy atom. The van der Waals surface area contributed by atoms with Gasteiger partial charge in [-0.3, -0.25) is 9.20 Å². The molecule has 0 radical (unpaired) electrons. The van der Waals surface area contributed by atoms with Gasteiger partial charge in [-0.05, 0) is 26.0 Å². The predicted octanol–water partition coefficient (Wildman–Crippen LogP) is 4.81. The van der Waals surface area contributed by atoms with Crippen molar-refractivity contribution in [3.8, 4) is 0 Å². The molecule has 0 aliphatic heterocycles. The van der Waals surface area contributed by atoms with Crippen molar-refractivity contribution in [2.75, 3.05) is 12.8 Å². The molecule has 0 saturated carbocycles. The lowest BCUT2D eigenvalue weighted by Crippen LogP contribution is -2.27. The fraction of sp³-hybridized carbons (Fsp3) is 0.333. The van der Waals surface area contributed by atoms with Crippen molar-refractivity contribution in [2.24, 2.45) is 0 Å². The van der Waals surface area contributed by atoms with E-state index in [1.807, 2.05) is 38.2 Å². The number of halogens is 1. The lowest BCUT2D eigenvalue weighted by atomic mass is 10.3. The summed E-state index contributed by atoms with van der Waals surface area (Å²) in [5.41, 5.74) is 2.06. The Balaban J connectivity index is 1.59. The van der Waals surface area contributed by atoms with Gasteiger partial charge in [0.25, 0.3) is 0 Å². The number of carbonyl (C=O) groups excluding carboxylic acids is 1. The van der Waals surface area contributed by atoms with Crippen LogP contribution >= 0.6 is 34.7 Å². The van der Waals surface area contributed by atoms with Crippen molar-refractivity contribution in [1.82, 2.24) is 14.3 Å². The van der Waals surface area contributed by atoms with Gasteiger partial charge in [-0.2, -0.15) is 0 Å². The number of carbonyl (C=O) groups is 1. The highest BCUT2D eigenvalue weighted by atomic mass is 35.5. The second kappa shape index (κ2) is 7.81. The largest absolute Gasteiger partial charge is 0.340 e. The molecule has 0 aliphatic carbocycles. The van der Waals surface area contributed by atoms with E-state index in [-0.39, 0.29) is 5.91 Å². The van der Waals surface area contributed by atoms with Crippen LogP contribution < -0.4 is 0 Å². The van der Waals surface area contributed by atoms with Gasteiger partial charge in [0.15, 0.2) is 4.96 Å². The molecule has 0 fully saturated rings. The first-order valence-electron chi connectivity index (χ1n) is 8.01. The SMILES string of the molecule is Cc1cn2c(CN(C)C(=O)CCSc3ccccc3Cl)c(C)nc2s1. The van der Waals surface area contributed by atoms with Crippen LogP contribution in [0.15, 0.2) is 35.4 Å². The Morgan fingerprint density at radius 1 is 1.36 bits per heavy atom. The second-order valence-electron chi connectivity index (χ2n) is 5.92. The molecule has 0 unspecified atom stereocenters. The van der Waals surface area contributed by atoms with Gasteiger partial charge in [0.1, 0.15) is 0 Å². The van der Waals surface area contributed by atoms with Gasteiger partial charge in [-0.25, -0.2) is 4.98 Å². The van der Waals surface area contributed by atoms with E-state index in [1.165, 1.54) is 4.88 Å². The van der Waals surface area contributed by atoms with Gasteiger partial charge in [0, 0.05) is 35.2 Å². The fourth-order valence-corrected chi connectivity index (χ4v) is 4.68. The van der Waals surface area contributed by atoms with E-state index < -0.39 is 0 Å². The number of hydrogen-bond donors (Lipinski definition) is 0. The zero-order valence-corrected chi connectivity index (χ0v) is 16.8. The molecule has 2 heterocycles. The van der Waals surface area contributed by atoms with Crippen molar-refractivity contribution in [2.45, 2.75) is 31.7 Å². The third kappa shape index (κ3) is 4.19. The molecule has 0 atom stereocenters. The van der Waals surface area contributed by atoms with Gasteiger partial charge >= 0.3 is 0 Å². The molecular weight excluding hydrogens is 374 g/mol. The molecule has 0 spiro atoms. The summed E-state index contributed by atoms with van der Waals surface area (Å²) in [5.74, 6) is 0.839. The minimum atomic E-state index is 0.126. The minimum absolute atomic E-state index is 0.126. The summed E-state index contributed by atoms with van der Waals surface area (Å²) in [5, 5.41) is 0.735. The van der Waals surface area contributed by atoms with Gasteiger partial charge in [0.2, 0.25) is 5.91 Å². The maximum atomic E-state index is 12.4. The number of aryl methyl sites for hydroxylation is 2. The standard InChI is InChI=1S/C18H20ClN3OS2/c1-12-10-22-15(13(2)20-18(22)25-12)11-21(3)17(23)8-9-24-16-7-5-4-6-14(16)19/h4-7,10H,8-9,11H2,1-3H3. The Bertz CT molecular complexity index is 903. The Morgan fingerprint density at radius 2 is 2.12 bits per heavy atom. The zero-order valence-electron chi connectivity index (χ0n) is 14.5. The molecule has 0 bridgehead atoms. The Hall–Kier alpha value is -1.50. The van der Waals surface area contributed by atoms with Crippen LogP contribution in [-0.2, 0) is 11.3 Å². The highest BCUT2D eigenvalue weighted by Crippen LogP contribution is 2.27. The van der Waals surface area contributed by atoms with E-state index >= 15 is 0 Å². The first kappa shape index (κ1) is 18.3. The average molecular weight is 394 g/mol. The Kier molecular flexibility index (Phi) is 5.71. The Labute approximate surface area is 160 Å². The van der Waals surface area contributed by atoms with Crippen molar-refractivity contribution in [3.05, 3.63) is 51.7 Å². The summed E-state index contributed by atoms with van der Waals surface area (Å²) in [6, 6.07) is 7.71. The van der Waals surface area contributed by atoms with Crippen molar-refractivity contribution < 1.29 is 4.79 Å². The molecule has 3 aromatic rings. The average Bonchev–Trinajstić information content (AvgIpc) is 3.05. The summed E-state index contributed by atoms with van der Waals surface area (Å²) < 4.78 is 2.09. The quantitative estimate of drug-likeness (QED) is 0.564. The molecule has 0 saturated heterocycles. The molecule has 0 N–H and O–H groups in total. The van der Waals surface area contributed by atoms with Crippen LogP contribution in [0, 0.1) is 13.8 Å². The third-order valence-corrected chi connectivity index (χ3v) is 6.38. The van der Waals surface area contributed by atoms with Crippen LogP contribution in [0.3, 0.4) is 0 Å². The molecule has 4 nitrogen and oxygen atoms in total. The summed E-state index contributed by atoms with van der Waals surface area (Å²) in [7, 11) is 1.85. The van der Waals surface area contributed by atoms with Crippen LogP contribution in [0.5, 0.6) is 0 Å². The van der Waals surface area contributed by atoms with Crippen LogP contribution in [0.1, 0.15) is 22.7 Å². The monoisotopic (exact) mass is 393 g/mol. The number of fused-ring (bicyclic) bond motifs is 1. The minimum Gasteiger partial charge on any atom is -0.340 e. The van der Waals surface area contributed by atoms with E-state index in [2.05, 4.69) is 22.5 Å². The fourth-order valence-electron chi connectivity index (χ4n) is 2.61. The maximum absolute atomic E-state index is 12.4. The van der Waals surface area contributed by atoms with Crippen LogP contribution in [0.4, 0.5) is 0 Å². The number of amides is 1. The van der Waals surface area contributed by atoms with E-state index in [9.17, 15) is 4.79 Å². The number of thioether (sulfide) groups is 1. The second-order valence-corrected chi connectivity index (χ2v) is 8.67. The molecule has 1 amide bonds. The molecule has 3 rings (SSSR count). The number of benzene rings is 1. The lowest BCUT2D eigenvalue weighted by molar-refractivity contribution is -0.130. The van der Waals surface area contributed by atoms with E-state index in [4.69, 9.17) is 11.6 Å². The van der Waals surface area contributed by atoms with Crippen LogP contribution in [0.25, 0.3) is 4.96 Å². The zero-order chi connectivity index (χ0) is 18.0. The van der Waals surface area contributed by atoms with Gasteiger partial charge in [-0.15, -0.1) is 23.1 Å². The molecule has 2 aromatic heterocycles. The van der Waals surface area contributed by atoms with Crippen molar-refractivity contribution in [1.29, 1.82) is 0 Å². The summed E-state index contributed by atoms with van der Waals surface area (Å²) >= 11 is 9.43. The first-order valence-corrected chi connectivity index (χ1v) is 10.2. The molecule has 0 aliphatic rings. The van der Waals surface area contributed by atoms with Crippen LogP contribution in [-0.4, -0.2) is 33.0 Å². The number of hydrogen-bond acceptors (Lipinski definition) is 4. The summed E-state index contributed by atoms with van der Waals surface area (Å²) in [4.78, 5) is 22.0. The van der Waals surface area contributed by atoms with Gasteiger partial charge < -0.3 is 4.90 Å². The van der Waals surface area contributed by atoms with Crippen molar-refractivity contribution in [3.63, 3.8) is 0 Å². The highest BCUT2D eigenvalue weighted by molar-refractivity contribution is 7.99. The normalized spacial score (nSPS) is 11.2. The van der Waals surface area contributed by atoms with E-state index in [1.54, 1.807) is 28.0 Å². The summed E-state index contributed by atoms with van der Waals surface area (Å²) in [6.07, 6.45) is 2.57. The molecule has 1 aromatic carbocycles. The summed E-state index contributed by atoms with van der Waals surface area (Å²) in [6.45, 7) is 4.63. The van der Waals surface area contributed by atoms with E-state index in [0.29, 0.717) is 18.7 Å². The molecular formula is C18H20ClN3OS2. The molecule has 25 heavy (non-hydrogen) atoms. The number of nitrogens with zero attached hydrogens (tertiary/aromatic N) is 3. The molecule has 132 valence electrons. The van der Waals surface area contributed by atoms with E-state index in [0.717, 1.165) is 26.3 Å². The topological polar surface area (TPSA) is 37.6 Å². The maximum Gasteiger partial charge on any atom is 0.223 e. The predicted molar refractivity (Wildman–Crippen MR) is 106 cm³/mol. The lowest BCUT2D eigenvalue weighted by Gasteiger charge is -2.17. The number of rotatable bonds is 6. The van der Waals surface area contributed by atoms with Crippen LogP contribution in [0.2, 0.25) is 5.02 Å². The van der Waals surface area contributed by atoms with Gasteiger partial charge in [0.05, 0.1) is 23.0 Å². The smallest absolute Gasteiger partial charge is 0.223 e.